The molecule has 0 spiro atoms. The molecule has 6 nitrogen and oxygen atoms in total. The third-order valence-corrected chi connectivity index (χ3v) is 6.59. The van der Waals surface area contributed by atoms with Gasteiger partial charge in [-0.15, -0.1) is 0 Å². The zero-order chi connectivity index (χ0) is 22.9. The van der Waals surface area contributed by atoms with Crippen LogP contribution in [-0.2, 0) is 9.31 Å². The summed E-state index contributed by atoms with van der Waals surface area (Å²) in [5, 5.41) is 0. The van der Waals surface area contributed by atoms with Crippen molar-refractivity contribution in [3.8, 4) is 5.75 Å². The molecule has 0 saturated carbocycles. The second-order valence-electron chi connectivity index (χ2n) is 9.34. The smallest absolute Gasteiger partial charge is 0.494 e. The molecule has 4 rings (SSSR count). The molecule has 0 atom stereocenters. The van der Waals surface area contributed by atoms with Crippen LogP contribution in [0.4, 0.5) is 0 Å². The molecule has 1 fully saturated rings. The summed E-state index contributed by atoms with van der Waals surface area (Å²) in [5.41, 5.74) is 1.07. The summed E-state index contributed by atoms with van der Waals surface area (Å²) in [5.74, 6) is 0.364. The average molecular weight is 435 g/mol. The predicted molar refractivity (Wildman–Crippen MR) is 123 cm³/mol. The number of ether oxygens (including phenoxy) is 1. The van der Waals surface area contributed by atoms with E-state index in [4.69, 9.17) is 14.0 Å². The Hall–Kier alpha value is -2.64. The lowest BCUT2D eigenvalue weighted by molar-refractivity contribution is 0.00578. The third-order valence-electron chi connectivity index (χ3n) is 6.59. The van der Waals surface area contributed by atoms with E-state index in [-0.39, 0.29) is 11.8 Å². The standard InChI is InChI=1S/C25H30BNO5/c1-24(2)25(3,4)32-26(31-24)20-14-8-9-15-21(20)30-17-11-5-10-16-27-22(28)18-12-6-7-13-19(18)23(27)29/h6-9,12-15H,5,10-11,16-17H2,1-4H3. The molecule has 2 amide bonds. The molecule has 0 aliphatic carbocycles. The normalized spacial score (nSPS) is 18.9. The van der Waals surface area contributed by atoms with Gasteiger partial charge in [0.1, 0.15) is 5.75 Å². The summed E-state index contributed by atoms with van der Waals surface area (Å²) < 4.78 is 18.4. The van der Waals surface area contributed by atoms with Crippen molar-refractivity contribution in [2.24, 2.45) is 0 Å². The van der Waals surface area contributed by atoms with E-state index in [0.29, 0.717) is 24.3 Å². The van der Waals surface area contributed by atoms with Crippen molar-refractivity contribution in [1.29, 1.82) is 0 Å². The zero-order valence-corrected chi connectivity index (χ0v) is 19.2. The van der Waals surface area contributed by atoms with Crippen LogP contribution in [0.3, 0.4) is 0 Å². The Labute approximate surface area is 190 Å². The highest BCUT2D eigenvalue weighted by Gasteiger charge is 2.52. The lowest BCUT2D eigenvalue weighted by Gasteiger charge is -2.32. The second kappa shape index (κ2) is 8.72. The van der Waals surface area contributed by atoms with Crippen molar-refractivity contribution >= 4 is 24.4 Å². The number of hydrogen-bond donors (Lipinski definition) is 0. The monoisotopic (exact) mass is 435 g/mol. The van der Waals surface area contributed by atoms with E-state index in [1.807, 2.05) is 52.0 Å². The molecule has 0 N–H and O–H groups in total. The van der Waals surface area contributed by atoms with E-state index in [9.17, 15) is 9.59 Å². The first-order valence-electron chi connectivity index (χ1n) is 11.2. The minimum Gasteiger partial charge on any atom is -0.494 e. The first-order valence-corrected chi connectivity index (χ1v) is 11.2. The third kappa shape index (κ3) is 4.19. The Kier molecular flexibility index (Phi) is 6.14. The number of benzene rings is 2. The molecule has 2 heterocycles. The van der Waals surface area contributed by atoms with Crippen molar-refractivity contribution in [2.45, 2.75) is 58.2 Å². The fourth-order valence-electron chi connectivity index (χ4n) is 3.95. The van der Waals surface area contributed by atoms with Crippen LogP contribution in [-0.4, -0.2) is 48.2 Å². The number of carbonyl (C=O) groups excluding carboxylic acids is 2. The highest BCUT2D eigenvalue weighted by Crippen LogP contribution is 2.37. The van der Waals surface area contributed by atoms with E-state index >= 15 is 0 Å². The van der Waals surface area contributed by atoms with Crippen molar-refractivity contribution in [2.75, 3.05) is 13.2 Å². The molecule has 2 aromatic rings. The number of imide groups is 1. The molecule has 168 valence electrons. The van der Waals surface area contributed by atoms with E-state index in [1.165, 1.54) is 4.90 Å². The number of hydrogen-bond acceptors (Lipinski definition) is 5. The molecule has 0 radical (unpaired) electrons. The number of para-hydroxylation sites is 1. The fourth-order valence-corrected chi connectivity index (χ4v) is 3.95. The van der Waals surface area contributed by atoms with Crippen LogP contribution in [0.1, 0.15) is 67.7 Å². The van der Waals surface area contributed by atoms with Gasteiger partial charge in [0.2, 0.25) is 0 Å². The highest BCUT2D eigenvalue weighted by molar-refractivity contribution is 6.63. The molecule has 0 bridgehead atoms. The van der Waals surface area contributed by atoms with E-state index in [2.05, 4.69) is 0 Å². The molecule has 0 aromatic heterocycles. The van der Waals surface area contributed by atoms with E-state index < -0.39 is 18.3 Å². The van der Waals surface area contributed by atoms with Crippen molar-refractivity contribution < 1.29 is 23.6 Å². The van der Waals surface area contributed by atoms with Crippen LogP contribution in [0.5, 0.6) is 5.75 Å². The van der Waals surface area contributed by atoms with Crippen LogP contribution in [0.2, 0.25) is 0 Å². The predicted octanol–water partition coefficient (Wildman–Crippen LogP) is 3.83. The van der Waals surface area contributed by atoms with Gasteiger partial charge in [0.15, 0.2) is 0 Å². The van der Waals surface area contributed by atoms with Gasteiger partial charge >= 0.3 is 7.12 Å². The van der Waals surface area contributed by atoms with Gasteiger partial charge < -0.3 is 14.0 Å². The number of fused-ring (bicyclic) bond motifs is 1. The molecule has 32 heavy (non-hydrogen) atoms. The molecule has 0 unspecified atom stereocenters. The van der Waals surface area contributed by atoms with E-state index in [1.54, 1.807) is 24.3 Å². The number of nitrogens with zero attached hydrogens (tertiary/aromatic N) is 1. The summed E-state index contributed by atoms with van der Waals surface area (Å²) in [7, 11) is -0.468. The number of carbonyl (C=O) groups is 2. The average Bonchev–Trinajstić information content (AvgIpc) is 3.13. The Balaban J connectivity index is 1.25. The van der Waals surface area contributed by atoms with Gasteiger partial charge in [-0.25, -0.2) is 0 Å². The Bertz CT molecular complexity index is 968. The Morgan fingerprint density at radius 3 is 2.00 bits per heavy atom. The van der Waals surface area contributed by atoms with Crippen molar-refractivity contribution in [3.05, 3.63) is 59.7 Å². The van der Waals surface area contributed by atoms with Crippen LogP contribution < -0.4 is 10.2 Å². The van der Waals surface area contributed by atoms with Gasteiger partial charge in [0, 0.05) is 12.0 Å². The summed E-state index contributed by atoms with van der Waals surface area (Å²) in [6.45, 7) is 9.10. The van der Waals surface area contributed by atoms with Crippen molar-refractivity contribution in [1.82, 2.24) is 4.90 Å². The van der Waals surface area contributed by atoms with Gasteiger partial charge in [-0.3, -0.25) is 14.5 Å². The molecule has 1 saturated heterocycles. The quantitative estimate of drug-likeness (QED) is 0.358. The van der Waals surface area contributed by atoms with Crippen LogP contribution in [0.15, 0.2) is 48.5 Å². The number of amides is 2. The molecule has 2 aliphatic rings. The molecule has 7 heteroatoms. The topological polar surface area (TPSA) is 65.1 Å². The maximum Gasteiger partial charge on any atom is 0.498 e. The van der Waals surface area contributed by atoms with Gasteiger partial charge in [-0.05, 0) is 65.2 Å². The van der Waals surface area contributed by atoms with Crippen molar-refractivity contribution in [3.63, 3.8) is 0 Å². The largest absolute Gasteiger partial charge is 0.498 e. The molecular weight excluding hydrogens is 405 g/mol. The van der Waals surface area contributed by atoms with Crippen LogP contribution in [0, 0.1) is 0 Å². The summed E-state index contributed by atoms with van der Waals surface area (Å²) >= 11 is 0. The lowest BCUT2D eigenvalue weighted by atomic mass is 9.78. The fraction of sp³-hybridized carbons (Fsp3) is 0.440. The van der Waals surface area contributed by atoms with Gasteiger partial charge in [-0.1, -0.05) is 30.3 Å². The Morgan fingerprint density at radius 1 is 0.812 bits per heavy atom. The van der Waals surface area contributed by atoms with Gasteiger partial charge in [0.25, 0.3) is 11.8 Å². The van der Waals surface area contributed by atoms with Gasteiger partial charge in [-0.2, -0.15) is 0 Å². The van der Waals surface area contributed by atoms with Crippen LogP contribution in [0.25, 0.3) is 0 Å². The number of unbranched alkanes of at least 4 members (excludes halogenated alkanes) is 2. The maximum atomic E-state index is 12.4. The van der Waals surface area contributed by atoms with Gasteiger partial charge in [0.05, 0.1) is 28.9 Å². The zero-order valence-electron chi connectivity index (χ0n) is 19.2. The molecule has 2 aliphatic heterocycles. The summed E-state index contributed by atoms with van der Waals surface area (Å²) in [6.07, 6.45) is 2.42. The van der Waals surface area contributed by atoms with Crippen LogP contribution >= 0.6 is 0 Å². The first-order chi connectivity index (χ1) is 15.2. The number of rotatable bonds is 8. The molecular formula is C25H30BNO5. The maximum absolute atomic E-state index is 12.4. The minimum atomic E-state index is -0.468. The Morgan fingerprint density at radius 2 is 1.38 bits per heavy atom. The SMILES string of the molecule is CC1(C)OB(c2ccccc2OCCCCCN2C(=O)c3ccccc3C2=O)OC1(C)C. The molecule has 2 aromatic carbocycles. The second-order valence-corrected chi connectivity index (χ2v) is 9.34. The first kappa shape index (κ1) is 22.6. The highest BCUT2D eigenvalue weighted by atomic mass is 16.7. The summed E-state index contributed by atoms with van der Waals surface area (Å²) in [4.78, 5) is 26.2. The van der Waals surface area contributed by atoms with E-state index in [0.717, 1.165) is 30.5 Å². The summed E-state index contributed by atoms with van der Waals surface area (Å²) in [6, 6.07) is 14.8. The lowest BCUT2D eigenvalue weighted by Crippen LogP contribution is -2.41. The minimum absolute atomic E-state index is 0.196.